The third-order valence-electron chi connectivity index (χ3n) is 4.40. The van der Waals surface area contributed by atoms with Crippen LogP contribution in [0.25, 0.3) is 0 Å². The van der Waals surface area contributed by atoms with E-state index in [0.29, 0.717) is 23.9 Å². The third kappa shape index (κ3) is 5.27. The van der Waals surface area contributed by atoms with E-state index in [2.05, 4.69) is 10.6 Å². The minimum atomic E-state index is -0.0169. The first kappa shape index (κ1) is 16.4. The number of hydrogen-bond acceptors (Lipinski definition) is 3. The lowest BCUT2D eigenvalue weighted by atomic mass is 9.87. The molecule has 1 aromatic rings. The SMILES string of the molecule is O=C(CSCC1CCC1)NCc1cccc(C(=O)NC2CC2)c1. The molecule has 3 rings (SSSR count). The molecule has 124 valence electrons. The molecular weight excluding hydrogens is 308 g/mol. The average Bonchev–Trinajstić information content (AvgIpc) is 3.32. The molecule has 2 fully saturated rings. The molecule has 0 heterocycles. The molecule has 23 heavy (non-hydrogen) atoms. The van der Waals surface area contributed by atoms with Crippen LogP contribution in [0.1, 0.15) is 48.0 Å². The first-order valence-electron chi connectivity index (χ1n) is 8.45. The van der Waals surface area contributed by atoms with Crippen LogP contribution in [0.4, 0.5) is 0 Å². The number of rotatable bonds is 8. The van der Waals surface area contributed by atoms with E-state index in [4.69, 9.17) is 0 Å². The van der Waals surface area contributed by atoms with Crippen LogP contribution in [-0.4, -0.2) is 29.4 Å². The molecule has 0 saturated heterocycles. The molecule has 0 aliphatic heterocycles. The molecule has 0 atom stereocenters. The van der Waals surface area contributed by atoms with Gasteiger partial charge >= 0.3 is 0 Å². The van der Waals surface area contributed by atoms with Gasteiger partial charge in [0.1, 0.15) is 0 Å². The summed E-state index contributed by atoms with van der Waals surface area (Å²) in [4.78, 5) is 23.9. The number of amides is 2. The van der Waals surface area contributed by atoms with Crippen molar-refractivity contribution in [2.24, 2.45) is 5.92 Å². The minimum Gasteiger partial charge on any atom is -0.351 e. The van der Waals surface area contributed by atoms with E-state index in [1.807, 2.05) is 24.3 Å². The van der Waals surface area contributed by atoms with Gasteiger partial charge in [-0.2, -0.15) is 11.8 Å². The lowest BCUT2D eigenvalue weighted by Gasteiger charge is -2.24. The maximum Gasteiger partial charge on any atom is 0.251 e. The van der Waals surface area contributed by atoms with E-state index in [-0.39, 0.29) is 11.8 Å². The second kappa shape index (κ2) is 7.86. The van der Waals surface area contributed by atoms with Crippen molar-refractivity contribution in [2.75, 3.05) is 11.5 Å². The van der Waals surface area contributed by atoms with Gasteiger partial charge in [0.05, 0.1) is 5.75 Å². The molecule has 2 saturated carbocycles. The molecule has 5 heteroatoms. The highest BCUT2D eigenvalue weighted by Gasteiger charge is 2.23. The van der Waals surface area contributed by atoms with Gasteiger partial charge in [-0.05, 0) is 55.1 Å². The highest BCUT2D eigenvalue weighted by molar-refractivity contribution is 7.99. The van der Waals surface area contributed by atoms with E-state index in [0.717, 1.165) is 30.1 Å². The Hall–Kier alpha value is -1.49. The van der Waals surface area contributed by atoms with Crippen molar-refractivity contribution in [3.05, 3.63) is 35.4 Å². The molecule has 4 nitrogen and oxygen atoms in total. The Kier molecular flexibility index (Phi) is 5.60. The van der Waals surface area contributed by atoms with Gasteiger partial charge in [0.2, 0.25) is 5.91 Å². The van der Waals surface area contributed by atoms with E-state index >= 15 is 0 Å². The standard InChI is InChI=1S/C18H24N2O2S/c21-17(12-23-11-13-3-1-4-13)19-10-14-5-2-6-15(9-14)18(22)20-16-7-8-16/h2,5-6,9,13,16H,1,3-4,7-8,10-12H2,(H,19,21)(H,20,22). The topological polar surface area (TPSA) is 58.2 Å². The fourth-order valence-corrected chi connectivity index (χ4v) is 3.62. The number of nitrogens with one attached hydrogen (secondary N) is 2. The van der Waals surface area contributed by atoms with E-state index in [1.54, 1.807) is 11.8 Å². The van der Waals surface area contributed by atoms with Gasteiger partial charge in [0, 0.05) is 18.2 Å². The van der Waals surface area contributed by atoms with Gasteiger partial charge in [-0.1, -0.05) is 18.6 Å². The smallest absolute Gasteiger partial charge is 0.251 e. The fraction of sp³-hybridized carbons (Fsp3) is 0.556. The van der Waals surface area contributed by atoms with Crippen molar-refractivity contribution in [3.63, 3.8) is 0 Å². The molecule has 0 unspecified atom stereocenters. The largest absolute Gasteiger partial charge is 0.351 e. The first-order valence-corrected chi connectivity index (χ1v) is 9.60. The average molecular weight is 332 g/mol. The highest BCUT2D eigenvalue weighted by atomic mass is 32.2. The maximum atomic E-state index is 12.0. The summed E-state index contributed by atoms with van der Waals surface area (Å²) in [6, 6.07) is 7.85. The number of carbonyl (C=O) groups is 2. The summed E-state index contributed by atoms with van der Waals surface area (Å²) in [5, 5.41) is 5.92. The number of carbonyl (C=O) groups excluding carboxylic acids is 2. The van der Waals surface area contributed by atoms with Crippen LogP contribution < -0.4 is 10.6 Å². The molecular formula is C18H24N2O2S. The maximum absolute atomic E-state index is 12.0. The number of benzene rings is 1. The molecule has 2 aliphatic carbocycles. The van der Waals surface area contributed by atoms with Crippen molar-refractivity contribution < 1.29 is 9.59 Å². The number of hydrogen-bond donors (Lipinski definition) is 2. The van der Waals surface area contributed by atoms with Gasteiger partial charge in [-0.15, -0.1) is 0 Å². The van der Waals surface area contributed by atoms with Crippen molar-refractivity contribution in [1.29, 1.82) is 0 Å². The first-order chi connectivity index (χ1) is 11.2. The monoisotopic (exact) mass is 332 g/mol. The van der Waals surface area contributed by atoms with Crippen molar-refractivity contribution in [3.8, 4) is 0 Å². The summed E-state index contributed by atoms with van der Waals surface area (Å²) in [5.41, 5.74) is 1.63. The summed E-state index contributed by atoms with van der Waals surface area (Å²) in [6.45, 7) is 0.480. The summed E-state index contributed by atoms with van der Waals surface area (Å²) in [7, 11) is 0. The van der Waals surface area contributed by atoms with Crippen LogP contribution >= 0.6 is 11.8 Å². The van der Waals surface area contributed by atoms with Crippen LogP contribution in [0.15, 0.2) is 24.3 Å². The molecule has 2 amide bonds. The van der Waals surface area contributed by atoms with E-state index in [9.17, 15) is 9.59 Å². The van der Waals surface area contributed by atoms with Gasteiger partial charge in [0.25, 0.3) is 5.91 Å². The Morgan fingerprint density at radius 1 is 1.17 bits per heavy atom. The van der Waals surface area contributed by atoms with Crippen LogP contribution in [0.2, 0.25) is 0 Å². The minimum absolute atomic E-state index is 0.0169. The summed E-state index contributed by atoms with van der Waals surface area (Å²) >= 11 is 1.73. The van der Waals surface area contributed by atoms with Crippen LogP contribution in [0, 0.1) is 5.92 Å². The Morgan fingerprint density at radius 3 is 2.70 bits per heavy atom. The van der Waals surface area contributed by atoms with Crippen molar-refractivity contribution in [1.82, 2.24) is 10.6 Å². The fourth-order valence-electron chi connectivity index (χ4n) is 2.55. The van der Waals surface area contributed by atoms with E-state index < -0.39 is 0 Å². The molecule has 0 bridgehead atoms. The Labute approximate surface area is 141 Å². The molecule has 0 radical (unpaired) electrons. The van der Waals surface area contributed by atoms with Crippen LogP contribution in [0.5, 0.6) is 0 Å². The molecule has 0 spiro atoms. The summed E-state index contributed by atoms with van der Waals surface area (Å²) < 4.78 is 0. The number of thioether (sulfide) groups is 1. The third-order valence-corrected chi connectivity index (χ3v) is 5.58. The van der Waals surface area contributed by atoms with Crippen LogP contribution in [0.3, 0.4) is 0 Å². The second-order valence-corrected chi connectivity index (χ2v) is 7.57. The highest BCUT2D eigenvalue weighted by Crippen LogP contribution is 2.29. The molecule has 0 aromatic heterocycles. The summed E-state index contributed by atoms with van der Waals surface area (Å²) in [5.74, 6) is 2.51. The molecule has 2 N–H and O–H groups in total. The zero-order chi connectivity index (χ0) is 16.1. The normalized spacial score (nSPS) is 17.4. The predicted octanol–water partition coefficient (Wildman–Crippen LogP) is 2.73. The zero-order valence-corrected chi connectivity index (χ0v) is 14.2. The van der Waals surface area contributed by atoms with Gasteiger partial charge in [-0.3, -0.25) is 9.59 Å². The summed E-state index contributed by atoms with van der Waals surface area (Å²) in [6.07, 6.45) is 6.16. The Balaban J connectivity index is 1.39. The molecule has 2 aliphatic rings. The van der Waals surface area contributed by atoms with Crippen LogP contribution in [-0.2, 0) is 11.3 Å². The Bertz CT molecular complexity index is 568. The second-order valence-electron chi connectivity index (χ2n) is 6.54. The molecule has 1 aromatic carbocycles. The van der Waals surface area contributed by atoms with Gasteiger partial charge in [0.15, 0.2) is 0 Å². The lowest BCUT2D eigenvalue weighted by molar-refractivity contribution is -0.118. The van der Waals surface area contributed by atoms with Crippen molar-refractivity contribution >= 4 is 23.6 Å². The quantitative estimate of drug-likeness (QED) is 0.769. The predicted molar refractivity (Wildman–Crippen MR) is 93.4 cm³/mol. The van der Waals surface area contributed by atoms with Gasteiger partial charge < -0.3 is 10.6 Å². The van der Waals surface area contributed by atoms with Crippen molar-refractivity contribution in [2.45, 2.75) is 44.7 Å². The zero-order valence-electron chi connectivity index (χ0n) is 13.3. The lowest BCUT2D eigenvalue weighted by Crippen LogP contribution is -2.27. The van der Waals surface area contributed by atoms with Gasteiger partial charge in [-0.25, -0.2) is 0 Å². The Morgan fingerprint density at radius 2 is 2.00 bits per heavy atom. The van der Waals surface area contributed by atoms with E-state index in [1.165, 1.54) is 19.3 Å².